The summed E-state index contributed by atoms with van der Waals surface area (Å²) in [5, 5.41) is 14.5. The molecule has 0 spiro atoms. The molecule has 6 rings (SSSR count). The van der Waals surface area contributed by atoms with E-state index in [0.29, 0.717) is 58.9 Å². The lowest BCUT2D eigenvalue weighted by Gasteiger charge is -2.16. The third-order valence-electron chi connectivity index (χ3n) is 7.93. The maximum Gasteiger partial charge on any atom is 0.256 e. The molecule has 3 N–H and O–H groups in total. The van der Waals surface area contributed by atoms with E-state index in [1.807, 2.05) is 42.1 Å². The zero-order valence-electron chi connectivity index (χ0n) is 25.2. The molecule has 0 bridgehead atoms. The number of hydrogen-bond acceptors (Lipinski definition) is 9. The molecule has 12 nitrogen and oxygen atoms in total. The van der Waals surface area contributed by atoms with Crippen molar-refractivity contribution in [3.63, 3.8) is 0 Å². The first-order valence-electron chi connectivity index (χ1n) is 14.8. The number of carbonyl (C=O) groups excluding carboxylic acids is 2. The molecular formula is C32H37N9O3. The Morgan fingerprint density at radius 1 is 1.07 bits per heavy atom. The Hall–Kier alpha value is -4.97. The number of rotatable bonds is 11. The molecule has 2 aliphatic rings. The van der Waals surface area contributed by atoms with E-state index in [-0.39, 0.29) is 17.9 Å². The fourth-order valence-electron chi connectivity index (χ4n) is 5.23. The molecule has 1 saturated heterocycles. The summed E-state index contributed by atoms with van der Waals surface area (Å²) in [6.45, 7) is 2.06. The minimum Gasteiger partial charge on any atom is -0.456 e. The van der Waals surface area contributed by atoms with Gasteiger partial charge in [0.2, 0.25) is 5.91 Å². The first-order valence-corrected chi connectivity index (χ1v) is 14.8. The minimum absolute atomic E-state index is 0.0338. The van der Waals surface area contributed by atoms with E-state index in [2.05, 4.69) is 42.7 Å². The first-order chi connectivity index (χ1) is 21.3. The van der Waals surface area contributed by atoms with Crippen LogP contribution in [0.3, 0.4) is 0 Å². The monoisotopic (exact) mass is 595 g/mol. The summed E-state index contributed by atoms with van der Waals surface area (Å²) in [6, 6.07) is 13.1. The van der Waals surface area contributed by atoms with Crippen LogP contribution in [0.5, 0.6) is 11.5 Å². The van der Waals surface area contributed by atoms with Crippen LogP contribution in [0.15, 0.2) is 67.0 Å². The Labute approximate surface area is 256 Å². The van der Waals surface area contributed by atoms with Crippen LogP contribution >= 0.6 is 0 Å². The lowest BCUT2D eigenvalue weighted by Crippen LogP contribution is -2.30. The number of likely N-dealkylation sites (tertiary alicyclic amines) is 1. The predicted molar refractivity (Wildman–Crippen MR) is 170 cm³/mol. The van der Waals surface area contributed by atoms with Crippen LogP contribution in [0.25, 0.3) is 11.0 Å². The van der Waals surface area contributed by atoms with Gasteiger partial charge in [-0.25, -0.2) is 9.97 Å². The number of pyridine rings is 2. The number of anilines is 3. The number of aromatic nitrogens is 4. The van der Waals surface area contributed by atoms with Crippen molar-refractivity contribution in [1.82, 2.24) is 30.0 Å². The molecule has 2 fully saturated rings. The Bertz CT molecular complexity index is 1660. The molecule has 0 radical (unpaired) electrons. The molecule has 228 valence electrons. The van der Waals surface area contributed by atoms with Crippen LogP contribution in [0.2, 0.25) is 0 Å². The summed E-state index contributed by atoms with van der Waals surface area (Å²) in [7, 11) is 5.96. The summed E-state index contributed by atoms with van der Waals surface area (Å²) in [4.78, 5) is 40.3. The number of likely N-dealkylation sites (N-methyl/N-ethyl adjacent to an activating group) is 1. The summed E-state index contributed by atoms with van der Waals surface area (Å²) >= 11 is 0. The largest absolute Gasteiger partial charge is 0.456 e. The quantitative estimate of drug-likeness (QED) is 0.219. The van der Waals surface area contributed by atoms with Gasteiger partial charge in [-0.05, 0) is 56.6 Å². The summed E-state index contributed by atoms with van der Waals surface area (Å²) in [6.07, 6.45) is 10.3. The van der Waals surface area contributed by atoms with E-state index in [1.54, 1.807) is 48.8 Å². The van der Waals surface area contributed by atoms with Gasteiger partial charge in [0.05, 0.1) is 0 Å². The Balaban J connectivity index is 1.08. The van der Waals surface area contributed by atoms with E-state index >= 15 is 0 Å². The maximum atomic E-state index is 12.8. The molecule has 1 atom stereocenters. The van der Waals surface area contributed by atoms with Gasteiger partial charge in [-0.2, -0.15) is 5.10 Å². The van der Waals surface area contributed by atoms with Crippen molar-refractivity contribution in [2.24, 2.45) is 0 Å². The molecule has 1 aliphatic carbocycles. The van der Waals surface area contributed by atoms with Gasteiger partial charge in [0.15, 0.2) is 11.5 Å². The second kappa shape index (κ2) is 12.7. The van der Waals surface area contributed by atoms with Crippen molar-refractivity contribution in [3.8, 4) is 11.5 Å². The van der Waals surface area contributed by atoms with E-state index < -0.39 is 0 Å². The third-order valence-corrected chi connectivity index (χ3v) is 7.93. The highest BCUT2D eigenvalue weighted by atomic mass is 16.5. The zero-order valence-corrected chi connectivity index (χ0v) is 25.2. The number of ether oxygens (including phenoxy) is 1. The number of amides is 2. The average molecular weight is 596 g/mol. The van der Waals surface area contributed by atoms with Crippen LogP contribution in [0.1, 0.15) is 29.6 Å². The van der Waals surface area contributed by atoms with Gasteiger partial charge >= 0.3 is 0 Å². The van der Waals surface area contributed by atoms with Crippen molar-refractivity contribution in [3.05, 3.63) is 72.6 Å². The topological polar surface area (TPSA) is 132 Å². The smallest absolute Gasteiger partial charge is 0.256 e. The first kappa shape index (κ1) is 29.1. The molecule has 2 amide bonds. The highest BCUT2D eigenvalue weighted by molar-refractivity contribution is 6.04. The molecule has 1 aromatic carbocycles. The molecule has 4 aromatic rings. The Morgan fingerprint density at radius 2 is 1.86 bits per heavy atom. The van der Waals surface area contributed by atoms with Gasteiger partial charge in [-0.15, -0.1) is 0 Å². The lowest BCUT2D eigenvalue weighted by atomic mass is 10.2. The van der Waals surface area contributed by atoms with Gasteiger partial charge in [-0.1, -0.05) is 6.08 Å². The van der Waals surface area contributed by atoms with Crippen LogP contribution in [-0.4, -0.2) is 94.6 Å². The molecule has 3 aromatic heterocycles. The molecule has 1 saturated carbocycles. The van der Waals surface area contributed by atoms with Crippen molar-refractivity contribution in [1.29, 1.82) is 0 Å². The normalized spacial score (nSPS) is 16.5. The number of benzene rings is 1. The highest BCUT2D eigenvalue weighted by Crippen LogP contribution is 2.34. The van der Waals surface area contributed by atoms with Crippen LogP contribution in [0.4, 0.5) is 17.3 Å². The number of nitrogens with zero attached hydrogens (tertiary/aromatic N) is 6. The number of carbonyl (C=O) groups is 2. The van der Waals surface area contributed by atoms with Crippen molar-refractivity contribution >= 4 is 40.2 Å². The Morgan fingerprint density at radius 3 is 2.64 bits per heavy atom. The van der Waals surface area contributed by atoms with Gasteiger partial charge < -0.3 is 25.2 Å². The molecule has 12 heteroatoms. The van der Waals surface area contributed by atoms with E-state index in [1.165, 1.54) is 12.8 Å². The van der Waals surface area contributed by atoms with Crippen LogP contribution < -0.4 is 20.3 Å². The summed E-state index contributed by atoms with van der Waals surface area (Å²) in [5.41, 5.74) is 2.00. The summed E-state index contributed by atoms with van der Waals surface area (Å²) < 4.78 is 6.23. The Kier molecular flexibility index (Phi) is 8.42. The zero-order chi connectivity index (χ0) is 30.6. The van der Waals surface area contributed by atoms with Gasteiger partial charge in [0.25, 0.3) is 5.91 Å². The molecule has 1 unspecified atom stereocenters. The standard InChI is InChI=1S/C32H37N9O3/c1-39(2)24-12-15-33-27(19-24)36-32(43)21-6-10-25(11-7-21)44-26-13-16-34-30-29(26)31(38-37-30)35-22-14-18-41(20-22)28(42)5-4-17-40(3)23-8-9-23/h4-7,10-13,15-16,19,22-23H,8-9,14,17-18,20H2,1-3H3,(H,33,36,43)(H2,34,35,37,38)/b5-4+. The summed E-state index contributed by atoms with van der Waals surface area (Å²) in [5.74, 6) is 1.99. The highest BCUT2D eigenvalue weighted by Gasteiger charge is 2.27. The van der Waals surface area contributed by atoms with E-state index in [4.69, 9.17) is 4.74 Å². The number of aromatic amines is 1. The van der Waals surface area contributed by atoms with Crippen molar-refractivity contribution in [2.75, 3.05) is 56.3 Å². The maximum absolute atomic E-state index is 12.8. The second-order valence-corrected chi connectivity index (χ2v) is 11.5. The molecular weight excluding hydrogens is 558 g/mol. The van der Waals surface area contributed by atoms with Crippen LogP contribution in [-0.2, 0) is 4.79 Å². The van der Waals surface area contributed by atoms with Gasteiger partial charge in [-0.3, -0.25) is 19.6 Å². The third kappa shape index (κ3) is 6.81. The SMILES string of the molecule is CN(C)c1ccnc(NC(=O)c2ccc(Oc3ccnc4[nH]nc(NC5CCN(C(=O)/C=C/CN(C)C6CC6)C5)c34)cc2)c1. The van der Waals surface area contributed by atoms with Crippen LogP contribution in [0, 0.1) is 0 Å². The minimum atomic E-state index is -0.266. The van der Waals surface area contributed by atoms with E-state index in [0.717, 1.165) is 18.7 Å². The van der Waals surface area contributed by atoms with Crippen molar-refractivity contribution in [2.45, 2.75) is 31.3 Å². The predicted octanol–water partition coefficient (Wildman–Crippen LogP) is 4.13. The van der Waals surface area contributed by atoms with Gasteiger partial charge in [0, 0.05) is 87.7 Å². The molecule has 44 heavy (non-hydrogen) atoms. The number of fused-ring (bicyclic) bond motifs is 1. The van der Waals surface area contributed by atoms with E-state index in [9.17, 15) is 9.59 Å². The van der Waals surface area contributed by atoms with Gasteiger partial charge in [0.1, 0.15) is 22.7 Å². The number of H-pyrrole nitrogens is 1. The molecule has 4 heterocycles. The fraction of sp³-hybridized carbons (Fsp3) is 0.344. The lowest BCUT2D eigenvalue weighted by molar-refractivity contribution is -0.125. The average Bonchev–Trinajstić information content (AvgIpc) is 3.64. The number of hydrogen-bond donors (Lipinski definition) is 3. The fourth-order valence-corrected chi connectivity index (χ4v) is 5.23. The van der Waals surface area contributed by atoms with Crippen molar-refractivity contribution < 1.29 is 14.3 Å². The second-order valence-electron chi connectivity index (χ2n) is 11.5. The number of nitrogens with one attached hydrogen (secondary N) is 3. The molecule has 1 aliphatic heterocycles.